The Hall–Kier alpha value is 0.0600. The Balaban J connectivity index is 2.04. The molecule has 0 amide bonds. The van der Waals surface area contributed by atoms with E-state index in [9.17, 15) is 0 Å². The zero-order valence-electron chi connectivity index (χ0n) is 12.4. The first-order chi connectivity index (χ1) is 9.59. The molecular weight excluding hydrogens is 336 g/mol. The van der Waals surface area contributed by atoms with E-state index in [4.69, 9.17) is 10.5 Å². The monoisotopic (exact) mass is 360 g/mol. The third kappa shape index (κ3) is 3.83. The van der Waals surface area contributed by atoms with Gasteiger partial charge >= 0.3 is 0 Å². The van der Waals surface area contributed by atoms with Crippen LogP contribution in [0.1, 0.15) is 38.2 Å². The summed E-state index contributed by atoms with van der Waals surface area (Å²) in [7, 11) is 2.20. The van der Waals surface area contributed by atoms with Crippen LogP contribution in [0.3, 0.4) is 0 Å². The smallest absolute Gasteiger partial charge is 0.0701 e. The van der Waals surface area contributed by atoms with E-state index < -0.39 is 0 Å². The van der Waals surface area contributed by atoms with Gasteiger partial charge in [-0.2, -0.15) is 0 Å². The van der Waals surface area contributed by atoms with E-state index in [0.717, 1.165) is 32.4 Å². The Morgan fingerprint density at radius 2 is 2.40 bits per heavy atom. The molecule has 1 aromatic rings. The molecule has 0 radical (unpaired) electrons. The minimum atomic E-state index is 0.0898. The highest BCUT2D eigenvalue weighted by Gasteiger charge is 2.38. The van der Waals surface area contributed by atoms with Crippen molar-refractivity contribution >= 4 is 27.3 Å². The van der Waals surface area contributed by atoms with Gasteiger partial charge in [0.25, 0.3) is 0 Å². The van der Waals surface area contributed by atoms with Gasteiger partial charge in [0.05, 0.1) is 9.89 Å². The van der Waals surface area contributed by atoms with Gasteiger partial charge in [-0.1, -0.05) is 13.3 Å². The first-order valence-corrected chi connectivity index (χ1v) is 9.02. The van der Waals surface area contributed by atoms with Crippen molar-refractivity contribution in [3.8, 4) is 0 Å². The summed E-state index contributed by atoms with van der Waals surface area (Å²) in [6.45, 7) is 4.71. The number of nitrogens with zero attached hydrogens (tertiary/aromatic N) is 1. The highest BCUT2D eigenvalue weighted by atomic mass is 79.9. The van der Waals surface area contributed by atoms with Crippen molar-refractivity contribution in [3.63, 3.8) is 0 Å². The first-order valence-electron chi connectivity index (χ1n) is 7.35. The van der Waals surface area contributed by atoms with E-state index in [-0.39, 0.29) is 5.54 Å². The normalized spacial score (nSPS) is 27.1. The lowest BCUT2D eigenvalue weighted by Crippen LogP contribution is -2.56. The molecule has 1 aliphatic heterocycles. The standard InChI is InChI=1S/C15H25BrN2OS/c1-3-4-13-8-15(11-17,5-6-19-13)18(2)9-12-7-14(16)20-10-12/h7,10,13H,3-6,8-9,11,17H2,1-2H3. The second-order valence-corrected chi connectivity index (χ2v) is 8.07. The molecule has 0 aromatic carbocycles. The molecule has 0 bridgehead atoms. The second-order valence-electron chi connectivity index (χ2n) is 5.78. The SMILES string of the molecule is CCCC1CC(CN)(N(C)Cc2csc(Br)c2)CCO1. The molecule has 2 atom stereocenters. The number of rotatable bonds is 6. The number of hydrogen-bond acceptors (Lipinski definition) is 4. The van der Waals surface area contributed by atoms with Crippen LogP contribution in [0.25, 0.3) is 0 Å². The molecule has 2 rings (SSSR count). The van der Waals surface area contributed by atoms with Crippen LogP contribution in [0.4, 0.5) is 0 Å². The number of nitrogens with two attached hydrogens (primary N) is 1. The van der Waals surface area contributed by atoms with Crippen molar-refractivity contribution in [1.82, 2.24) is 4.90 Å². The van der Waals surface area contributed by atoms with Gasteiger partial charge in [0.1, 0.15) is 0 Å². The van der Waals surface area contributed by atoms with Gasteiger partial charge in [0.2, 0.25) is 0 Å². The predicted molar refractivity (Wildman–Crippen MR) is 89.2 cm³/mol. The third-order valence-electron chi connectivity index (χ3n) is 4.37. The van der Waals surface area contributed by atoms with Gasteiger partial charge in [-0.05, 0) is 59.2 Å². The van der Waals surface area contributed by atoms with E-state index in [1.165, 1.54) is 15.8 Å². The molecule has 3 nitrogen and oxygen atoms in total. The van der Waals surface area contributed by atoms with Crippen LogP contribution in [0, 0.1) is 0 Å². The Bertz CT molecular complexity index is 424. The van der Waals surface area contributed by atoms with Gasteiger partial charge in [0, 0.05) is 25.2 Å². The van der Waals surface area contributed by atoms with Crippen molar-refractivity contribution in [3.05, 3.63) is 20.8 Å². The molecule has 1 fully saturated rings. The molecule has 5 heteroatoms. The maximum absolute atomic E-state index is 6.15. The lowest BCUT2D eigenvalue weighted by molar-refractivity contribution is -0.0690. The van der Waals surface area contributed by atoms with Crippen LogP contribution in [0.2, 0.25) is 0 Å². The van der Waals surface area contributed by atoms with E-state index in [0.29, 0.717) is 12.6 Å². The van der Waals surface area contributed by atoms with Crippen LogP contribution in [-0.2, 0) is 11.3 Å². The summed E-state index contributed by atoms with van der Waals surface area (Å²) in [5.41, 5.74) is 7.60. The molecule has 2 heterocycles. The van der Waals surface area contributed by atoms with Gasteiger partial charge in [-0.25, -0.2) is 0 Å². The van der Waals surface area contributed by atoms with Crippen molar-refractivity contribution < 1.29 is 4.74 Å². The predicted octanol–water partition coefficient (Wildman–Crippen LogP) is 3.62. The zero-order valence-corrected chi connectivity index (χ0v) is 14.8. The minimum absolute atomic E-state index is 0.0898. The molecule has 2 unspecified atom stereocenters. The summed E-state index contributed by atoms with van der Waals surface area (Å²) in [6, 6.07) is 2.20. The van der Waals surface area contributed by atoms with Gasteiger partial charge < -0.3 is 10.5 Å². The Labute approximate surface area is 134 Å². The summed E-state index contributed by atoms with van der Waals surface area (Å²) in [6.07, 6.45) is 4.77. The van der Waals surface area contributed by atoms with E-state index in [2.05, 4.69) is 46.2 Å². The van der Waals surface area contributed by atoms with E-state index in [1.54, 1.807) is 11.3 Å². The number of likely N-dealkylation sites (N-methyl/N-ethyl adjacent to an activating group) is 1. The maximum Gasteiger partial charge on any atom is 0.0701 e. The van der Waals surface area contributed by atoms with Crippen LogP contribution in [0.5, 0.6) is 0 Å². The summed E-state index contributed by atoms with van der Waals surface area (Å²) in [5, 5.41) is 2.22. The molecule has 0 aliphatic carbocycles. The fraction of sp³-hybridized carbons (Fsp3) is 0.733. The average Bonchev–Trinajstić information content (AvgIpc) is 2.84. The summed E-state index contributed by atoms with van der Waals surface area (Å²) in [5.74, 6) is 0. The van der Waals surface area contributed by atoms with E-state index in [1.807, 2.05) is 0 Å². The molecule has 114 valence electrons. The van der Waals surface area contributed by atoms with Gasteiger partial charge in [-0.3, -0.25) is 4.90 Å². The quantitative estimate of drug-likeness (QED) is 0.841. The fourth-order valence-electron chi connectivity index (χ4n) is 3.07. The second kappa shape index (κ2) is 7.36. The molecule has 1 aromatic heterocycles. The van der Waals surface area contributed by atoms with Gasteiger partial charge in [-0.15, -0.1) is 11.3 Å². The molecule has 0 saturated carbocycles. The van der Waals surface area contributed by atoms with E-state index >= 15 is 0 Å². The van der Waals surface area contributed by atoms with Crippen LogP contribution in [-0.4, -0.2) is 36.7 Å². The van der Waals surface area contributed by atoms with Gasteiger partial charge in [0.15, 0.2) is 0 Å². The highest BCUT2D eigenvalue weighted by Crippen LogP contribution is 2.33. The lowest BCUT2D eigenvalue weighted by Gasteiger charge is -2.46. The summed E-state index contributed by atoms with van der Waals surface area (Å²) < 4.78 is 7.09. The fourth-order valence-corrected chi connectivity index (χ4v) is 4.27. The third-order valence-corrected chi connectivity index (χ3v) is 5.92. The molecule has 2 N–H and O–H groups in total. The molecule has 0 spiro atoms. The van der Waals surface area contributed by atoms with Crippen LogP contribution < -0.4 is 5.73 Å². The minimum Gasteiger partial charge on any atom is -0.378 e. The van der Waals surface area contributed by atoms with Crippen molar-refractivity contribution in [2.45, 2.75) is 50.8 Å². The number of ether oxygens (including phenoxy) is 1. The number of halogens is 1. The Morgan fingerprint density at radius 1 is 1.60 bits per heavy atom. The van der Waals surface area contributed by atoms with Crippen molar-refractivity contribution in [2.75, 3.05) is 20.2 Å². The van der Waals surface area contributed by atoms with Crippen LogP contribution >= 0.6 is 27.3 Å². The topological polar surface area (TPSA) is 38.5 Å². The number of hydrogen-bond donors (Lipinski definition) is 1. The largest absolute Gasteiger partial charge is 0.378 e. The molecule has 20 heavy (non-hydrogen) atoms. The summed E-state index contributed by atoms with van der Waals surface area (Å²) >= 11 is 5.28. The first kappa shape index (κ1) is 16.4. The highest BCUT2D eigenvalue weighted by molar-refractivity contribution is 9.11. The number of thiophene rings is 1. The Morgan fingerprint density at radius 3 is 3.00 bits per heavy atom. The maximum atomic E-state index is 6.15. The molecule has 1 saturated heterocycles. The van der Waals surface area contributed by atoms with Crippen LogP contribution in [0.15, 0.2) is 15.2 Å². The lowest BCUT2D eigenvalue weighted by atomic mass is 9.83. The Kier molecular flexibility index (Phi) is 6.05. The summed E-state index contributed by atoms with van der Waals surface area (Å²) in [4.78, 5) is 2.44. The average molecular weight is 361 g/mol. The zero-order chi connectivity index (χ0) is 14.6. The van der Waals surface area contributed by atoms with Crippen molar-refractivity contribution in [1.29, 1.82) is 0 Å². The van der Waals surface area contributed by atoms with Crippen molar-refractivity contribution in [2.24, 2.45) is 5.73 Å². The molecular formula is C15H25BrN2OS. The molecule has 1 aliphatic rings.